The SMILES string of the molecule is CC(c1ccc(N)nc1)N1CC2(CCN(c3cccc4c3n(C)c(=O)n4C3CCC(=O)NC3=O)CC2)C1. The second-order valence-electron chi connectivity index (χ2n) is 10.9. The number of carbonyl (C=O) groups is 2. The molecule has 3 N–H and O–H groups in total. The summed E-state index contributed by atoms with van der Waals surface area (Å²) >= 11 is 0. The number of nitrogens with zero attached hydrogens (tertiary/aromatic N) is 5. The molecule has 3 saturated heterocycles. The Bertz CT molecular complexity index is 1420. The van der Waals surface area contributed by atoms with Crippen LogP contribution < -0.4 is 21.6 Å². The first kappa shape index (κ1) is 23.7. The van der Waals surface area contributed by atoms with Crippen molar-refractivity contribution >= 4 is 34.4 Å². The van der Waals surface area contributed by atoms with E-state index in [4.69, 9.17) is 5.73 Å². The lowest BCUT2D eigenvalue weighted by Gasteiger charge is -2.56. The second-order valence-corrected chi connectivity index (χ2v) is 10.9. The van der Waals surface area contributed by atoms with Gasteiger partial charge in [0, 0.05) is 51.9 Å². The molecule has 2 unspecified atom stereocenters. The van der Waals surface area contributed by atoms with E-state index in [2.05, 4.69) is 39.2 Å². The van der Waals surface area contributed by atoms with Crippen LogP contribution in [0.2, 0.25) is 0 Å². The molecule has 3 aromatic rings. The monoisotopic (exact) mass is 503 g/mol. The Morgan fingerprint density at radius 2 is 1.86 bits per heavy atom. The fourth-order valence-corrected chi connectivity index (χ4v) is 6.40. The lowest BCUT2D eigenvalue weighted by atomic mass is 9.71. The summed E-state index contributed by atoms with van der Waals surface area (Å²) in [6, 6.07) is 9.48. The van der Waals surface area contributed by atoms with Crippen molar-refractivity contribution in [3.63, 3.8) is 0 Å². The third kappa shape index (κ3) is 3.90. The number of rotatable bonds is 4. The van der Waals surface area contributed by atoms with Gasteiger partial charge in [0.15, 0.2) is 0 Å². The molecule has 0 bridgehead atoms. The number of carbonyl (C=O) groups excluding carboxylic acids is 2. The average molecular weight is 504 g/mol. The van der Waals surface area contributed by atoms with Crippen molar-refractivity contribution in [3.05, 3.63) is 52.6 Å². The molecule has 6 rings (SSSR count). The maximum Gasteiger partial charge on any atom is 0.329 e. The number of fused-ring (bicyclic) bond motifs is 1. The molecule has 1 aromatic carbocycles. The molecule has 10 heteroatoms. The summed E-state index contributed by atoms with van der Waals surface area (Å²) in [5, 5.41) is 2.38. The molecule has 194 valence electrons. The number of imidazole rings is 1. The molecule has 2 amide bonds. The fraction of sp³-hybridized carbons (Fsp3) is 0.481. The van der Waals surface area contributed by atoms with E-state index in [-0.39, 0.29) is 18.0 Å². The Kier molecular flexibility index (Phi) is 5.59. The predicted octanol–water partition coefficient (Wildman–Crippen LogP) is 1.96. The fourth-order valence-electron chi connectivity index (χ4n) is 6.40. The van der Waals surface area contributed by atoms with Crippen LogP contribution in [0.4, 0.5) is 11.5 Å². The lowest BCUT2D eigenvalue weighted by Crippen LogP contribution is -2.60. The zero-order valence-electron chi connectivity index (χ0n) is 21.3. The van der Waals surface area contributed by atoms with Crippen molar-refractivity contribution in [1.29, 1.82) is 0 Å². The number of aromatic nitrogens is 3. The Labute approximate surface area is 215 Å². The Hall–Kier alpha value is -3.66. The number of likely N-dealkylation sites (tertiary alicyclic amines) is 1. The third-order valence-corrected chi connectivity index (χ3v) is 8.68. The molecule has 5 heterocycles. The molecule has 3 aliphatic heterocycles. The Morgan fingerprint density at radius 1 is 1.11 bits per heavy atom. The molecule has 2 aromatic heterocycles. The van der Waals surface area contributed by atoms with E-state index >= 15 is 0 Å². The van der Waals surface area contributed by atoms with Crippen molar-refractivity contribution in [2.24, 2.45) is 12.5 Å². The van der Waals surface area contributed by atoms with Crippen LogP contribution in [0, 0.1) is 5.41 Å². The first-order valence-corrected chi connectivity index (χ1v) is 13.0. The number of piperidine rings is 2. The number of hydrogen-bond acceptors (Lipinski definition) is 7. The summed E-state index contributed by atoms with van der Waals surface area (Å²) in [7, 11) is 1.76. The molecule has 2 atom stereocenters. The normalized spacial score (nSPS) is 22.8. The van der Waals surface area contributed by atoms with Gasteiger partial charge in [-0.25, -0.2) is 9.78 Å². The highest BCUT2D eigenvalue weighted by Gasteiger charge is 2.46. The quantitative estimate of drug-likeness (QED) is 0.523. The van der Waals surface area contributed by atoms with Crippen LogP contribution in [0.25, 0.3) is 11.0 Å². The first-order valence-electron chi connectivity index (χ1n) is 13.0. The molecule has 37 heavy (non-hydrogen) atoms. The summed E-state index contributed by atoms with van der Waals surface area (Å²) in [5.74, 6) is -0.149. The van der Waals surface area contributed by atoms with Gasteiger partial charge in [-0.3, -0.25) is 28.9 Å². The summed E-state index contributed by atoms with van der Waals surface area (Å²) < 4.78 is 3.20. The molecule has 0 radical (unpaired) electrons. The smallest absolute Gasteiger partial charge is 0.329 e. The molecular formula is C27H33N7O3. The zero-order valence-corrected chi connectivity index (χ0v) is 21.3. The highest BCUT2D eigenvalue weighted by atomic mass is 16.2. The molecule has 0 aliphatic carbocycles. The number of nitrogen functional groups attached to an aromatic ring is 1. The molecule has 3 fully saturated rings. The van der Waals surface area contributed by atoms with Gasteiger partial charge in [-0.05, 0) is 55.4 Å². The Balaban J connectivity index is 1.19. The van der Waals surface area contributed by atoms with Crippen LogP contribution >= 0.6 is 0 Å². The summed E-state index contributed by atoms with van der Waals surface area (Å²) in [5.41, 5.74) is 9.63. The number of imide groups is 1. The van der Waals surface area contributed by atoms with Crippen LogP contribution in [0.1, 0.15) is 50.3 Å². The highest BCUT2D eigenvalue weighted by Crippen LogP contribution is 2.45. The van der Waals surface area contributed by atoms with E-state index in [0.717, 1.165) is 55.7 Å². The predicted molar refractivity (Wildman–Crippen MR) is 141 cm³/mol. The number of amides is 2. The minimum absolute atomic E-state index is 0.230. The summed E-state index contributed by atoms with van der Waals surface area (Å²) in [4.78, 5) is 46.6. The highest BCUT2D eigenvalue weighted by molar-refractivity contribution is 6.00. The standard InChI is InChI=1S/C27H33N7O3/c1-17(18-6-8-22(28)29-14-18)33-15-27(16-33)10-12-32(13-11-27)19-4-3-5-20-24(19)31(2)26(37)34(20)21-7-9-23(35)30-25(21)36/h3-6,8,14,17,21H,7,9-13,15-16H2,1-2H3,(H2,28,29)(H,30,35,36). The summed E-state index contributed by atoms with van der Waals surface area (Å²) in [6.07, 6.45) is 4.63. The first-order chi connectivity index (χ1) is 17.8. The van der Waals surface area contributed by atoms with Crippen molar-refractivity contribution in [2.45, 2.75) is 44.7 Å². The van der Waals surface area contributed by atoms with E-state index in [1.54, 1.807) is 16.2 Å². The minimum atomic E-state index is -0.673. The molecule has 3 aliphatic rings. The van der Waals surface area contributed by atoms with Crippen molar-refractivity contribution < 1.29 is 9.59 Å². The molecule has 10 nitrogen and oxygen atoms in total. The molecule has 1 spiro atoms. The van der Waals surface area contributed by atoms with Crippen LogP contribution in [-0.2, 0) is 16.6 Å². The number of benzene rings is 1. The van der Waals surface area contributed by atoms with Crippen molar-refractivity contribution in [1.82, 2.24) is 24.3 Å². The zero-order chi connectivity index (χ0) is 25.9. The van der Waals surface area contributed by atoms with Gasteiger partial charge in [0.2, 0.25) is 11.8 Å². The molecular weight excluding hydrogens is 470 g/mol. The number of pyridine rings is 1. The average Bonchev–Trinajstić information content (AvgIpc) is 3.13. The number of nitrogens with one attached hydrogen (secondary N) is 1. The molecule has 0 saturated carbocycles. The van der Waals surface area contributed by atoms with Crippen LogP contribution in [0.3, 0.4) is 0 Å². The lowest BCUT2D eigenvalue weighted by molar-refractivity contribution is -0.135. The van der Waals surface area contributed by atoms with Gasteiger partial charge < -0.3 is 10.6 Å². The second kappa shape index (κ2) is 8.72. The third-order valence-electron chi connectivity index (χ3n) is 8.68. The van der Waals surface area contributed by atoms with Crippen LogP contribution in [0.5, 0.6) is 0 Å². The van der Waals surface area contributed by atoms with Gasteiger partial charge in [-0.15, -0.1) is 0 Å². The largest absolute Gasteiger partial charge is 0.384 e. The summed E-state index contributed by atoms with van der Waals surface area (Å²) in [6.45, 7) is 6.20. The van der Waals surface area contributed by atoms with E-state index in [9.17, 15) is 14.4 Å². The van der Waals surface area contributed by atoms with E-state index in [1.165, 1.54) is 5.56 Å². The minimum Gasteiger partial charge on any atom is -0.384 e. The van der Waals surface area contributed by atoms with E-state index in [0.29, 0.717) is 23.7 Å². The van der Waals surface area contributed by atoms with E-state index in [1.807, 2.05) is 24.4 Å². The maximum atomic E-state index is 13.3. The number of para-hydroxylation sites is 1. The van der Waals surface area contributed by atoms with Gasteiger partial charge in [0.05, 0.1) is 16.7 Å². The van der Waals surface area contributed by atoms with Gasteiger partial charge in [0.25, 0.3) is 0 Å². The Morgan fingerprint density at radius 3 is 2.54 bits per heavy atom. The van der Waals surface area contributed by atoms with Gasteiger partial charge in [0.1, 0.15) is 11.9 Å². The number of nitrogens with two attached hydrogens (primary N) is 1. The van der Waals surface area contributed by atoms with Crippen molar-refractivity contribution in [2.75, 3.05) is 36.8 Å². The van der Waals surface area contributed by atoms with Crippen molar-refractivity contribution in [3.8, 4) is 0 Å². The number of aryl methyl sites for hydroxylation is 1. The van der Waals surface area contributed by atoms with Gasteiger partial charge >= 0.3 is 5.69 Å². The number of anilines is 2. The topological polar surface area (TPSA) is 118 Å². The number of hydrogen-bond donors (Lipinski definition) is 2. The van der Waals surface area contributed by atoms with Crippen LogP contribution in [-0.4, -0.2) is 57.0 Å². The maximum absolute atomic E-state index is 13.3. The van der Waals surface area contributed by atoms with Gasteiger partial charge in [-0.2, -0.15) is 0 Å². The van der Waals surface area contributed by atoms with Gasteiger partial charge in [-0.1, -0.05) is 12.1 Å². The van der Waals surface area contributed by atoms with E-state index < -0.39 is 11.9 Å². The van der Waals surface area contributed by atoms with Crippen LogP contribution in [0.15, 0.2) is 41.3 Å².